The standard InChI is InChI=1S/C6H6.C5H8N2O/c1-2-4-6-5-3-1;1-2-4(3-6)5(7)8/h1-6H;4H,2H2,1H3,(H2,7,8). The lowest BCUT2D eigenvalue weighted by Crippen LogP contribution is -2.20. The van der Waals surface area contributed by atoms with Crippen LogP contribution in [0.3, 0.4) is 0 Å². The molecule has 1 aromatic rings. The molecule has 14 heavy (non-hydrogen) atoms. The van der Waals surface area contributed by atoms with Crippen molar-refractivity contribution < 1.29 is 4.79 Å². The molecule has 1 aromatic carbocycles. The van der Waals surface area contributed by atoms with Crippen molar-refractivity contribution in [3.8, 4) is 6.07 Å². The van der Waals surface area contributed by atoms with Crippen molar-refractivity contribution in [3.63, 3.8) is 0 Å². The zero-order chi connectivity index (χ0) is 10.8. The van der Waals surface area contributed by atoms with Gasteiger partial charge in [-0.3, -0.25) is 4.79 Å². The maximum absolute atomic E-state index is 10.2. The Balaban J connectivity index is 0.000000249. The fraction of sp³-hybridized carbons (Fsp3) is 0.273. The van der Waals surface area contributed by atoms with Gasteiger partial charge in [0.2, 0.25) is 5.91 Å². The van der Waals surface area contributed by atoms with Gasteiger partial charge in [0, 0.05) is 0 Å². The maximum atomic E-state index is 10.2. The third-order valence-electron chi connectivity index (χ3n) is 1.57. The number of carbonyl (C=O) groups is 1. The third kappa shape index (κ3) is 5.78. The lowest BCUT2D eigenvalue weighted by atomic mass is 10.1. The molecule has 1 amide bonds. The van der Waals surface area contributed by atoms with Gasteiger partial charge in [0.25, 0.3) is 0 Å². The summed E-state index contributed by atoms with van der Waals surface area (Å²) >= 11 is 0. The van der Waals surface area contributed by atoms with Gasteiger partial charge in [-0.15, -0.1) is 0 Å². The first-order valence-corrected chi connectivity index (χ1v) is 4.41. The molecule has 0 aliphatic heterocycles. The molecule has 0 saturated carbocycles. The van der Waals surface area contributed by atoms with E-state index in [0.717, 1.165) is 0 Å². The molecule has 0 saturated heterocycles. The summed E-state index contributed by atoms with van der Waals surface area (Å²) in [5.41, 5.74) is 4.80. The Morgan fingerprint density at radius 1 is 1.29 bits per heavy atom. The van der Waals surface area contributed by atoms with Crippen LogP contribution >= 0.6 is 0 Å². The lowest BCUT2D eigenvalue weighted by Gasteiger charge is -1.94. The third-order valence-corrected chi connectivity index (χ3v) is 1.57. The van der Waals surface area contributed by atoms with Crippen molar-refractivity contribution in [2.45, 2.75) is 13.3 Å². The van der Waals surface area contributed by atoms with Crippen molar-refractivity contribution in [2.24, 2.45) is 11.7 Å². The number of nitrogens with zero attached hydrogens (tertiary/aromatic N) is 1. The van der Waals surface area contributed by atoms with Crippen LogP contribution in [-0.2, 0) is 4.79 Å². The van der Waals surface area contributed by atoms with Gasteiger partial charge in [-0.2, -0.15) is 5.26 Å². The van der Waals surface area contributed by atoms with E-state index < -0.39 is 11.8 Å². The van der Waals surface area contributed by atoms with Gasteiger partial charge in [-0.25, -0.2) is 0 Å². The average molecular weight is 190 g/mol. The van der Waals surface area contributed by atoms with Crippen molar-refractivity contribution in [1.29, 1.82) is 5.26 Å². The van der Waals surface area contributed by atoms with Crippen molar-refractivity contribution >= 4 is 5.91 Å². The highest BCUT2D eigenvalue weighted by Gasteiger charge is 2.09. The van der Waals surface area contributed by atoms with Crippen LogP contribution in [0.5, 0.6) is 0 Å². The molecule has 1 atom stereocenters. The molecule has 2 N–H and O–H groups in total. The van der Waals surface area contributed by atoms with E-state index in [1.165, 1.54) is 0 Å². The smallest absolute Gasteiger partial charge is 0.234 e. The first-order chi connectivity index (χ1) is 6.72. The highest BCUT2D eigenvalue weighted by Crippen LogP contribution is 1.96. The molecule has 1 rings (SSSR count). The molecule has 0 bridgehead atoms. The lowest BCUT2D eigenvalue weighted by molar-refractivity contribution is -0.120. The molecule has 3 heteroatoms. The second kappa shape index (κ2) is 7.81. The van der Waals surface area contributed by atoms with E-state index in [2.05, 4.69) is 0 Å². The van der Waals surface area contributed by atoms with E-state index in [1.807, 2.05) is 36.4 Å². The number of hydrogen-bond donors (Lipinski definition) is 1. The number of nitrogens with two attached hydrogens (primary N) is 1. The molecular formula is C11H14N2O. The van der Waals surface area contributed by atoms with E-state index in [0.29, 0.717) is 6.42 Å². The van der Waals surface area contributed by atoms with Gasteiger partial charge in [0.15, 0.2) is 0 Å². The Bertz CT molecular complexity index is 263. The van der Waals surface area contributed by atoms with Crippen LogP contribution < -0.4 is 5.73 Å². The minimum Gasteiger partial charge on any atom is -0.369 e. The first kappa shape index (κ1) is 12.2. The van der Waals surface area contributed by atoms with Crippen LogP contribution in [0, 0.1) is 17.2 Å². The van der Waals surface area contributed by atoms with Crippen LogP contribution in [0.1, 0.15) is 13.3 Å². The van der Waals surface area contributed by atoms with Crippen LogP contribution in [0.4, 0.5) is 0 Å². The quantitative estimate of drug-likeness (QED) is 0.771. The normalized spacial score (nSPS) is 10.3. The minimum absolute atomic E-state index is 0.506. The molecule has 3 nitrogen and oxygen atoms in total. The minimum atomic E-state index is -0.602. The number of hydrogen-bond acceptors (Lipinski definition) is 2. The Morgan fingerprint density at radius 3 is 1.71 bits per heavy atom. The van der Waals surface area contributed by atoms with Crippen molar-refractivity contribution in [3.05, 3.63) is 36.4 Å². The number of primary amides is 1. The molecule has 0 aromatic heterocycles. The zero-order valence-electron chi connectivity index (χ0n) is 8.18. The summed E-state index contributed by atoms with van der Waals surface area (Å²) in [6.45, 7) is 1.75. The topological polar surface area (TPSA) is 66.9 Å². The average Bonchev–Trinajstić information content (AvgIpc) is 2.22. The predicted octanol–water partition coefficient (Wildman–Crippen LogP) is 1.71. The second-order valence-corrected chi connectivity index (χ2v) is 2.65. The summed E-state index contributed by atoms with van der Waals surface area (Å²) in [5.74, 6) is -1.13. The summed E-state index contributed by atoms with van der Waals surface area (Å²) in [6.07, 6.45) is 0.506. The van der Waals surface area contributed by atoms with Gasteiger partial charge in [0.1, 0.15) is 5.92 Å². The van der Waals surface area contributed by atoms with Crippen molar-refractivity contribution in [2.75, 3.05) is 0 Å². The maximum Gasteiger partial charge on any atom is 0.234 e. The number of carbonyl (C=O) groups excluding carboxylic acids is 1. The predicted molar refractivity (Wildman–Crippen MR) is 55.0 cm³/mol. The summed E-state index contributed by atoms with van der Waals surface area (Å²) in [4.78, 5) is 10.2. The number of amides is 1. The van der Waals surface area contributed by atoms with E-state index in [9.17, 15) is 4.79 Å². The molecule has 0 aliphatic rings. The largest absolute Gasteiger partial charge is 0.369 e. The monoisotopic (exact) mass is 190 g/mol. The zero-order valence-corrected chi connectivity index (χ0v) is 8.18. The summed E-state index contributed by atoms with van der Waals surface area (Å²) in [6, 6.07) is 13.8. The van der Waals surface area contributed by atoms with Gasteiger partial charge < -0.3 is 5.73 Å². The fourth-order valence-corrected chi connectivity index (χ4v) is 0.741. The summed E-state index contributed by atoms with van der Waals surface area (Å²) < 4.78 is 0. The fourth-order valence-electron chi connectivity index (χ4n) is 0.741. The molecule has 0 spiro atoms. The van der Waals surface area contributed by atoms with Crippen LogP contribution in [0.2, 0.25) is 0 Å². The van der Waals surface area contributed by atoms with Crippen molar-refractivity contribution in [1.82, 2.24) is 0 Å². The second-order valence-electron chi connectivity index (χ2n) is 2.65. The van der Waals surface area contributed by atoms with Gasteiger partial charge in [-0.05, 0) is 6.42 Å². The summed E-state index contributed by atoms with van der Waals surface area (Å²) in [5, 5.41) is 8.15. The molecule has 0 heterocycles. The SMILES string of the molecule is CCC(C#N)C(N)=O.c1ccccc1. The van der Waals surface area contributed by atoms with Gasteiger partial charge >= 0.3 is 0 Å². The molecule has 0 aliphatic carbocycles. The van der Waals surface area contributed by atoms with Gasteiger partial charge in [0.05, 0.1) is 6.07 Å². The van der Waals surface area contributed by atoms with E-state index >= 15 is 0 Å². The van der Waals surface area contributed by atoms with E-state index in [4.69, 9.17) is 11.0 Å². The van der Waals surface area contributed by atoms with Gasteiger partial charge in [-0.1, -0.05) is 43.3 Å². The van der Waals surface area contributed by atoms with Crippen LogP contribution in [-0.4, -0.2) is 5.91 Å². The number of rotatable bonds is 2. The first-order valence-electron chi connectivity index (χ1n) is 4.41. The summed E-state index contributed by atoms with van der Waals surface area (Å²) in [7, 11) is 0. The molecule has 74 valence electrons. The molecule has 0 fully saturated rings. The van der Waals surface area contributed by atoms with E-state index in [1.54, 1.807) is 13.0 Å². The Kier molecular flexibility index (Phi) is 6.79. The number of nitriles is 1. The molecule has 0 radical (unpaired) electrons. The Hall–Kier alpha value is -1.82. The van der Waals surface area contributed by atoms with Crippen LogP contribution in [0.25, 0.3) is 0 Å². The molecular weight excluding hydrogens is 176 g/mol. The number of benzene rings is 1. The molecule has 1 unspecified atom stereocenters. The highest BCUT2D eigenvalue weighted by molar-refractivity contribution is 5.78. The highest BCUT2D eigenvalue weighted by atomic mass is 16.1. The Labute approximate surface area is 84.2 Å². The van der Waals surface area contributed by atoms with E-state index in [-0.39, 0.29) is 0 Å². The van der Waals surface area contributed by atoms with Crippen LogP contribution in [0.15, 0.2) is 36.4 Å². The Morgan fingerprint density at radius 2 is 1.64 bits per heavy atom.